The molecule has 0 saturated heterocycles. The third-order valence-corrected chi connectivity index (χ3v) is 2.93. The minimum absolute atomic E-state index is 0.432. The number of anilines is 1. The summed E-state index contributed by atoms with van der Waals surface area (Å²) in [4.78, 5) is 2.38. The summed E-state index contributed by atoms with van der Waals surface area (Å²) in [5.74, 6) is 0.432. The maximum Gasteiger partial charge on any atom is 0.0401 e. The third kappa shape index (κ3) is 2.72. The minimum atomic E-state index is 0.432. The summed E-state index contributed by atoms with van der Waals surface area (Å²) in [6.07, 6.45) is 0. The maximum absolute atomic E-state index is 5.74. The molecule has 1 unspecified atom stereocenters. The van der Waals surface area contributed by atoms with Crippen molar-refractivity contribution < 1.29 is 0 Å². The summed E-state index contributed by atoms with van der Waals surface area (Å²) in [5, 5.41) is 0. The van der Waals surface area contributed by atoms with Gasteiger partial charge in [0.2, 0.25) is 0 Å². The fourth-order valence-electron chi connectivity index (χ4n) is 1.88. The average molecular weight is 206 g/mol. The van der Waals surface area contributed by atoms with Crippen molar-refractivity contribution in [3.63, 3.8) is 0 Å². The monoisotopic (exact) mass is 206 g/mol. The Kier molecular flexibility index (Phi) is 4.63. The zero-order valence-electron chi connectivity index (χ0n) is 10.0. The van der Waals surface area contributed by atoms with E-state index in [2.05, 4.69) is 49.9 Å². The average Bonchev–Trinajstić information content (AvgIpc) is 2.30. The molecular weight excluding hydrogens is 184 g/mol. The lowest BCUT2D eigenvalue weighted by Crippen LogP contribution is -2.24. The van der Waals surface area contributed by atoms with E-state index in [-0.39, 0.29) is 0 Å². The Morgan fingerprint density at radius 1 is 1.20 bits per heavy atom. The summed E-state index contributed by atoms with van der Waals surface area (Å²) < 4.78 is 0. The summed E-state index contributed by atoms with van der Waals surface area (Å²) in [5.41, 5.74) is 8.44. The highest BCUT2D eigenvalue weighted by Gasteiger charge is 2.11. The van der Waals surface area contributed by atoms with Crippen molar-refractivity contribution >= 4 is 5.69 Å². The normalized spacial score (nSPS) is 12.5. The highest BCUT2D eigenvalue weighted by atomic mass is 15.1. The summed E-state index contributed by atoms with van der Waals surface area (Å²) in [7, 11) is 0. The van der Waals surface area contributed by atoms with Crippen LogP contribution >= 0.6 is 0 Å². The Labute approximate surface area is 93.1 Å². The fraction of sp³-hybridized carbons (Fsp3) is 0.538. The Morgan fingerprint density at radius 2 is 1.80 bits per heavy atom. The van der Waals surface area contributed by atoms with Crippen molar-refractivity contribution in [2.75, 3.05) is 24.5 Å². The van der Waals surface area contributed by atoms with Gasteiger partial charge < -0.3 is 10.6 Å². The molecule has 1 aromatic carbocycles. The number of nitrogens with two attached hydrogens (primary N) is 1. The molecule has 1 atom stereocenters. The lowest BCUT2D eigenvalue weighted by molar-refractivity contribution is 0.759. The Balaban J connectivity index is 3.04. The summed E-state index contributed by atoms with van der Waals surface area (Å²) >= 11 is 0. The molecule has 0 aliphatic heterocycles. The van der Waals surface area contributed by atoms with E-state index in [1.165, 1.54) is 11.3 Å². The standard InChI is InChI=1S/C13H22N2/c1-4-15(5-2)13-9-7-6-8-12(13)11(3)10-14/h6-9,11H,4-5,10,14H2,1-3H3. The van der Waals surface area contributed by atoms with Crippen LogP contribution in [0, 0.1) is 0 Å². The van der Waals surface area contributed by atoms with Crippen LogP contribution in [0.2, 0.25) is 0 Å². The predicted octanol–water partition coefficient (Wildman–Crippen LogP) is 2.59. The van der Waals surface area contributed by atoms with E-state index in [4.69, 9.17) is 5.73 Å². The van der Waals surface area contributed by atoms with Crippen molar-refractivity contribution in [1.29, 1.82) is 0 Å². The van der Waals surface area contributed by atoms with E-state index in [1.807, 2.05) is 0 Å². The first-order valence-electron chi connectivity index (χ1n) is 5.78. The van der Waals surface area contributed by atoms with Crippen LogP contribution in [0.4, 0.5) is 5.69 Å². The van der Waals surface area contributed by atoms with Gasteiger partial charge in [0.05, 0.1) is 0 Å². The van der Waals surface area contributed by atoms with Crippen LogP contribution in [-0.4, -0.2) is 19.6 Å². The lowest BCUT2D eigenvalue weighted by atomic mass is 9.98. The van der Waals surface area contributed by atoms with E-state index in [0.717, 1.165) is 13.1 Å². The van der Waals surface area contributed by atoms with Crippen LogP contribution in [0.15, 0.2) is 24.3 Å². The van der Waals surface area contributed by atoms with Crippen molar-refractivity contribution in [3.05, 3.63) is 29.8 Å². The first kappa shape index (κ1) is 12.1. The Hall–Kier alpha value is -1.02. The van der Waals surface area contributed by atoms with Crippen LogP contribution in [0.25, 0.3) is 0 Å². The molecule has 15 heavy (non-hydrogen) atoms. The molecule has 0 spiro atoms. The van der Waals surface area contributed by atoms with Crippen LogP contribution in [0.1, 0.15) is 32.3 Å². The van der Waals surface area contributed by atoms with Crippen LogP contribution in [0.5, 0.6) is 0 Å². The van der Waals surface area contributed by atoms with Gasteiger partial charge in [0.15, 0.2) is 0 Å². The minimum Gasteiger partial charge on any atom is -0.372 e. The molecule has 84 valence electrons. The second kappa shape index (κ2) is 5.76. The third-order valence-electron chi connectivity index (χ3n) is 2.93. The maximum atomic E-state index is 5.74. The molecule has 0 aromatic heterocycles. The molecule has 2 nitrogen and oxygen atoms in total. The predicted molar refractivity (Wildman–Crippen MR) is 67.5 cm³/mol. The first-order valence-corrected chi connectivity index (χ1v) is 5.78. The van der Waals surface area contributed by atoms with Gasteiger partial charge in [-0.15, -0.1) is 0 Å². The smallest absolute Gasteiger partial charge is 0.0401 e. The second-order valence-corrected chi connectivity index (χ2v) is 3.87. The molecule has 0 heterocycles. The molecule has 0 amide bonds. The first-order chi connectivity index (χ1) is 7.24. The van der Waals surface area contributed by atoms with Gasteiger partial charge in [0.1, 0.15) is 0 Å². The largest absolute Gasteiger partial charge is 0.372 e. The van der Waals surface area contributed by atoms with E-state index in [9.17, 15) is 0 Å². The second-order valence-electron chi connectivity index (χ2n) is 3.87. The number of hydrogen-bond acceptors (Lipinski definition) is 2. The van der Waals surface area contributed by atoms with E-state index in [0.29, 0.717) is 12.5 Å². The van der Waals surface area contributed by atoms with Crippen molar-refractivity contribution in [1.82, 2.24) is 0 Å². The van der Waals surface area contributed by atoms with E-state index < -0.39 is 0 Å². The highest BCUT2D eigenvalue weighted by molar-refractivity contribution is 5.55. The number of benzene rings is 1. The van der Waals surface area contributed by atoms with Gasteiger partial charge in [0, 0.05) is 18.8 Å². The molecule has 2 heteroatoms. The van der Waals surface area contributed by atoms with Gasteiger partial charge in [-0.3, -0.25) is 0 Å². The van der Waals surface area contributed by atoms with Gasteiger partial charge in [-0.25, -0.2) is 0 Å². The van der Waals surface area contributed by atoms with Crippen LogP contribution in [-0.2, 0) is 0 Å². The highest BCUT2D eigenvalue weighted by Crippen LogP contribution is 2.26. The molecule has 0 radical (unpaired) electrons. The van der Waals surface area contributed by atoms with Gasteiger partial charge in [0.25, 0.3) is 0 Å². The van der Waals surface area contributed by atoms with Crippen LogP contribution in [0.3, 0.4) is 0 Å². The zero-order chi connectivity index (χ0) is 11.3. The lowest BCUT2D eigenvalue weighted by Gasteiger charge is -2.26. The molecule has 0 aliphatic carbocycles. The molecule has 0 bridgehead atoms. The number of nitrogens with zero attached hydrogens (tertiary/aromatic N) is 1. The van der Waals surface area contributed by atoms with Gasteiger partial charge >= 0.3 is 0 Å². The molecule has 0 aliphatic rings. The summed E-state index contributed by atoms with van der Waals surface area (Å²) in [6, 6.07) is 8.56. The number of rotatable bonds is 5. The molecule has 0 fully saturated rings. The summed E-state index contributed by atoms with van der Waals surface area (Å²) in [6.45, 7) is 9.36. The van der Waals surface area contributed by atoms with Gasteiger partial charge in [-0.05, 0) is 37.9 Å². The van der Waals surface area contributed by atoms with Crippen molar-refractivity contribution in [2.24, 2.45) is 5.73 Å². The zero-order valence-corrected chi connectivity index (χ0v) is 10.0. The Morgan fingerprint density at radius 3 is 2.33 bits per heavy atom. The quantitative estimate of drug-likeness (QED) is 0.802. The molecule has 1 rings (SSSR count). The molecule has 2 N–H and O–H groups in total. The molecule has 0 saturated carbocycles. The number of hydrogen-bond donors (Lipinski definition) is 1. The molecular formula is C13H22N2. The van der Waals surface area contributed by atoms with Crippen LogP contribution < -0.4 is 10.6 Å². The van der Waals surface area contributed by atoms with E-state index in [1.54, 1.807) is 0 Å². The fourth-order valence-corrected chi connectivity index (χ4v) is 1.88. The van der Waals surface area contributed by atoms with Gasteiger partial charge in [-0.1, -0.05) is 25.1 Å². The number of para-hydroxylation sites is 1. The van der Waals surface area contributed by atoms with Crippen molar-refractivity contribution in [3.8, 4) is 0 Å². The topological polar surface area (TPSA) is 29.3 Å². The van der Waals surface area contributed by atoms with Crippen molar-refractivity contribution in [2.45, 2.75) is 26.7 Å². The molecule has 1 aromatic rings. The Bertz CT molecular complexity index is 292. The van der Waals surface area contributed by atoms with Gasteiger partial charge in [-0.2, -0.15) is 0 Å². The van der Waals surface area contributed by atoms with E-state index >= 15 is 0 Å². The SMILES string of the molecule is CCN(CC)c1ccccc1C(C)CN.